The molecule has 0 unspecified atom stereocenters. The topological polar surface area (TPSA) is 44.7 Å². The lowest BCUT2D eigenvalue weighted by Gasteiger charge is -2.27. The number of methoxy groups -OCH3 is 1. The SMILES string of the molecule is COc1ccc(CCCCN2CCNCC2)cc1O. The van der Waals surface area contributed by atoms with Gasteiger partial charge in [-0.25, -0.2) is 0 Å². The minimum absolute atomic E-state index is 0.238. The summed E-state index contributed by atoms with van der Waals surface area (Å²) in [5.41, 5.74) is 1.18. The maximum Gasteiger partial charge on any atom is 0.160 e. The van der Waals surface area contributed by atoms with Gasteiger partial charge in [-0.3, -0.25) is 0 Å². The van der Waals surface area contributed by atoms with E-state index in [9.17, 15) is 5.11 Å². The number of nitrogens with zero attached hydrogens (tertiary/aromatic N) is 1. The van der Waals surface area contributed by atoms with Crippen LogP contribution >= 0.6 is 0 Å². The van der Waals surface area contributed by atoms with Crippen molar-refractivity contribution in [3.63, 3.8) is 0 Å². The fourth-order valence-corrected chi connectivity index (χ4v) is 2.49. The Morgan fingerprint density at radius 2 is 2.05 bits per heavy atom. The van der Waals surface area contributed by atoms with Gasteiger partial charge in [0.2, 0.25) is 0 Å². The van der Waals surface area contributed by atoms with Crippen molar-refractivity contribution in [3.8, 4) is 11.5 Å². The van der Waals surface area contributed by atoms with Gasteiger partial charge in [-0.1, -0.05) is 6.07 Å². The number of aryl methyl sites for hydroxylation is 1. The first-order chi connectivity index (χ1) is 9.29. The van der Waals surface area contributed by atoms with Crippen LogP contribution < -0.4 is 10.1 Å². The molecule has 4 nitrogen and oxygen atoms in total. The third kappa shape index (κ3) is 4.40. The van der Waals surface area contributed by atoms with E-state index in [0.29, 0.717) is 5.75 Å². The molecule has 106 valence electrons. The Labute approximate surface area is 115 Å². The maximum atomic E-state index is 9.71. The summed E-state index contributed by atoms with van der Waals surface area (Å²) < 4.78 is 5.04. The Morgan fingerprint density at radius 3 is 2.74 bits per heavy atom. The predicted molar refractivity (Wildman–Crippen MR) is 76.9 cm³/mol. The van der Waals surface area contributed by atoms with E-state index in [0.717, 1.165) is 25.9 Å². The third-order valence-corrected chi connectivity index (χ3v) is 3.64. The Morgan fingerprint density at radius 1 is 1.26 bits per heavy atom. The second-order valence-corrected chi connectivity index (χ2v) is 5.05. The summed E-state index contributed by atoms with van der Waals surface area (Å²) in [5.74, 6) is 0.784. The summed E-state index contributed by atoms with van der Waals surface area (Å²) in [5, 5.41) is 13.1. The van der Waals surface area contributed by atoms with Crippen molar-refractivity contribution < 1.29 is 9.84 Å². The highest BCUT2D eigenvalue weighted by molar-refractivity contribution is 5.41. The lowest BCUT2D eigenvalue weighted by molar-refractivity contribution is 0.237. The van der Waals surface area contributed by atoms with Crippen LogP contribution in [0.25, 0.3) is 0 Å². The van der Waals surface area contributed by atoms with Gasteiger partial charge in [0.1, 0.15) is 0 Å². The Hall–Kier alpha value is -1.26. The van der Waals surface area contributed by atoms with Gasteiger partial charge in [0.25, 0.3) is 0 Å². The van der Waals surface area contributed by atoms with Crippen molar-refractivity contribution in [1.82, 2.24) is 10.2 Å². The van der Waals surface area contributed by atoms with Crippen LogP contribution in [0.4, 0.5) is 0 Å². The monoisotopic (exact) mass is 264 g/mol. The number of piperazine rings is 1. The maximum absolute atomic E-state index is 9.71. The largest absolute Gasteiger partial charge is 0.504 e. The number of ether oxygens (including phenoxy) is 1. The molecule has 0 bridgehead atoms. The van der Waals surface area contributed by atoms with Gasteiger partial charge in [-0.15, -0.1) is 0 Å². The molecule has 19 heavy (non-hydrogen) atoms. The quantitative estimate of drug-likeness (QED) is 0.767. The number of rotatable bonds is 6. The standard InChI is InChI=1S/C15H24N2O2/c1-19-15-6-5-13(12-14(15)18)4-2-3-9-17-10-7-16-8-11-17/h5-6,12,16,18H,2-4,7-11H2,1H3. The lowest BCUT2D eigenvalue weighted by atomic mass is 10.1. The highest BCUT2D eigenvalue weighted by Gasteiger charge is 2.08. The zero-order valence-corrected chi connectivity index (χ0v) is 11.7. The van der Waals surface area contributed by atoms with Gasteiger partial charge in [-0.2, -0.15) is 0 Å². The fourth-order valence-electron chi connectivity index (χ4n) is 2.49. The number of nitrogens with one attached hydrogen (secondary N) is 1. The zero-order valence-electron chi connectivity index (χ0n) is 11.7. The van der Waals surface area contributed by atoms with Crippen molar-refractivity contribution in [1.29, 1.82) is 0 Å². The van der Waals surface area contributed by atoms with Crippen molar-refractivity contribution >= 4 is 0 Å². The molecule has 1 aliphatic rings. The van der Waals surface area contributed by atoms with E-state index in [2.05, 4.69) is 10.2 Å². The molecular formula is C15H24N2O2. The second-order valence-electron chi connectivity index (χ2n) is 5.05. The molecule has 1 aliphatic heterocycles. The summed E-state index contributed by atoms with van der Waals surface area (Å²) in [4.78, 5) is 2.52. The minimum atomic E-state index is 0.238. The van der Waals surface area contributed by atoms with E-state index < -0.39 is 0 Å². The number of aromatic hydroxyl groups is 1. The van der Waals surface area contributed by atoms with Gasteiger partial charge in [0.15, 0.2) is 11.5 Å². The smallest absolute Gasteiger partial charge is 0.160 e. The van der Waals surface area contributed by atoms with E-state index in [1.54, 1.807) is 7.11 Å². The number of phenolic OH excluding ortho intramolecular Hbond substituents is 1. The van der Waals surface area contributed by atoms with Crippen LogP contribution in [0.15, 0.2) is 18.2 Å². The van der Waals surface area contributed by atoms with E-state index in [-0.39, 0.29) is 5.75 Å². The molecule has 0 amide bonds. The predicted octanol–water partition coefficient (Wildman–Crippen LogP) is 1.63. The molecular weight excluding hydrogens is 240 g/mol. The van der Waals surface area contributed by atoms with Crippen LogP contribution in [-0.4, -0.2) is 49.8 Å². The van der Waals surface area contributed by atoms with Gasteiger partial charge in [0.05, 0.1) is 7.11 Å². The first-order valence-corrected chi connectivity index (χ1v) is 7.08. The molecule has 0 atom stereocenters. The van der Waals surface area contributed by atoms with Crippen molar-refractivity contribution in [2.24, 2.45) is 0 Å². The first-order valence-electron chi connectivity index (χ1n) is 7.08. The molecule has 1 fully saturated rings. The molecule has 4 heteroatoms. The summed E-state index contributed by atoms with van der Waals surface area (Å²) in [6.07, 6.45) is 3.39. The normalized spacial score (nSPS) is 16.5. The van der Waals surface area contributed by atoms with Crippen LogP contribution in [0, 0.1) is 0 Å². The third-order valence-electron chi connectivity index (χ3n) is 3.64. The van der Waals surface area contributed by atoms with Crippen LogP contribution in [0.1, 0.15) is 18.4 Å². The van der Waals surface area contributed by atoms with Gasteiger partial charge in [0, 0.05) is 26.2 Å². The summed E-state index contributed by atoms with van der Waals surface area (Å²) >= 11 is 0. The Balaban J connectivity index is 1.69. The van der Waals surface area contributed by atoms with Crippen molar-refractivity contribution in [3.05, 3.63) is 23.8 Å². The van der Waals surface area contributed by atoms with E-state index >= 15 is 0 Å². The number of unbranched alkanes of at least 4 members (excludes halogenated alkanes) is 1. The van der Waals surface area contributed by atoms with Crippen LogP contribution in [0.5, 0.6) is 11.5 Å². The summed E-state index contributed by atoms with van der Waals surface area (Å²) in [6, 6.07) is 5.67. The van der Waals surface area contributed by atoms with Crippen molar-refractivity contribution in [2.75, 3.05) is 39.8 Å². The molecule has 0 spiro atoms. The van der Waals surface area contributed by atoms with Gasteiger partial charge >= 0.3 is 0 Å². The molecule has 1 saturated heterocycles. The van der Waals surface area contributed by atoms with Gasteiger partial charge < -0.3 is 20.1 Å². The Kier molecular flexibility index (Phi) is 5.48. The number of hydrogen-bond donors (Lipinski definition) is 2. The molecule has 1 aromatic carbocycles. The van der Waals surface area contributed by atoms with Crippen molar-refractivity contribution in [2.45, 2.75) is 19.3 Å². The minimum Gasteiger partial charge on any atom is -0.504 e. The highest BCUT2D eigenvalue weighted by Crippen LogP contribution is 2.26. The highest BCUT2D eigenvalue weighted by atomic mass is 16.5. The molecule has 1 aromatic rings. The van der Waals surface area contributed by atoms with Crippen LogP contribution in [-0.2, 0) is 6.42 Å². The number of phenols is 1. The summed E-state index contributed by atoms with van der Waals surface area (Å²) in [7, 11) is 1.57. The number of hydrogen-bond acceptors (Lipinski definition) is 4. The average Bonchev–Trinajstić information content (AvgIpc) is 2.45. The van der Waals surface area contributed by atoms with Crippen LogP contribution in [0.2, 0.25) is 0 Å². The molecule has 2 N–H and O–H groups in total. The fraction of sp³-hybridized carbons (Fsp3) is 0.600. The number of benzene rings is 1. The van der Waals surface area contributed by atoms with Crippen LogP contribution in [0.3, 0.4) is 0 Å². The first kappa shape index (κ1) is 14.2. The van der Waals surface area contributed by atoms with E-state index in [1.165, 1.54) is 31.6 Å². The van der Waals surface area contributed by atoms with E-state index in [4.69, 9.17) is 4.74 Å². The average molecular weight is 264 g/mol. The molecule has 2 rings (SSSR count). The second kappa shape index (κ2) is 7.36. The van der Waals surface area contributed by atoms with E-state index in [1.807, 2.05) is 18.2 Å². The zero-order chi connectivity index (χ0) is 13.5. The van der Waals surface area contributed by atoms with Gasteiger partial charge in [-0.05, 0) is 43.5 Å². The summed E-state index contributed by atoms with van der Waals surface area (Å²) in [6.45, 7) is 5.76. The molecule has 0 saturated carbocycles. The Bertz CT molecular complexity index is 390. The lowest BCUT2D eigenvalue weighted by Crippen LogP contribution is -2.43. The molecule has 0 aromatic heterocycles. The molecule has 0 aliphatic carbocycles. The molecule has 0 radical (unpaired) electrons. The molecule has 1 heterocycles.